The molecule has 0 aliphatic carbocycles. The Labute approximate surface area is 127 Å². The molecule has 0 nitrogen and oxygen atoms in total. The summed E-state index contributed by atoms with van der Waals surface area (Å²) in [5.41, 5.74) is 4.27. The summed E-state index contributed by atoms with van der Waals surface area (Å²) in [6, 6.07) is 8.96. The third-order valence-corrected chi connectivity index (χ3v) is 3.93. The minimum atomic E-state index is 1.05. The molecule has 0 bridgehead atoms. The highest BCUT2D eigenvalue weighted by atomic mass is 79.9. The van der Waals surface area contributed by atoms with Gasteiger partial charge in [0.25, 0.3) is 0 Å². The first kappa shape index (κ1) is 16.5. The minimum Gasteiger partial charge on any atom is -0.0925 e. The van der Waals surface area contributed by atoms with Crippen molar-refractivity contribution in [1.82, 2.24) is 0 Å². The number of benzene rings is 1. The highest BCUT2D eigenvalue weighted by molar-refractivity contribution is 9.09. The molecule has 0 saturated carbocycles. The van der Waals surface area contributed by atoms with Crippen molar-refractivity contribution in [1.29, 1.82) is 0 Å². The fourth-order valence-electron chi connectivity index (χ4n) is 2.28. The van der Waals surface area contributed by atoms with Crippen molar-refractivity contribution in [3.63, 3.8) is 0 Å². The van der Waals surface area contributed by atoms with Crippen molar-refractivity contribution < 1.29 is 0 Å². The van der Waals surface area contributed by atoms with Gasteiger partial charge in [-0.05, 0) is 37.3 Å². The van der Waals surface area contributed by atoms with Crippen LogP contribution in [0.2, 0.25) is 0 Å². The molecule has 106 valence electrons. The van der Waals surface area contributed by atoms with E-state index in [1.165, 1.54) is 55.2 Å². The zero-order valence-corrected chi connectivity index (χ0v) is 14.0. The average Bonchev–Trinajstić information content (AvgIpc) is 2.43. The summed E-state index contributed by atoms with van der Waals surface area (Å²) in [5, 5.41) is 1.05. The smallest absolute Gasteiger partial charge is 0.00661 e. The maximum absolute atomic E-state index is 3.52. The fraction of sp³-hybridized carbons (Fsp3) is 0.556. The predicted molar refractivity (Wildman–Crippen MR) is 90.9 cm³/mol. The first-order valence-electron chi connectivity index (χ1n) is 7.60. The molecule has 1 aromatic rings. The van der Waals surface area contributed by atoms with Crippen LogP contribution in [0.25, 0.3) is 5.57 Å². The molecule has 0 amide bonds. The van der Waals surface area contributed by atoms with E-state index < -0.39 is 0 Å². The molecule has 0 saturated heterocycles. The maximum Gasteiger partial charge on any atom is 0.00661 e. The number of aryl methyl sites for hydroxylation is 1. The summed E-state index contributed by atoms with van der Waals surface area (Å²) in [5.74, 6) is 0. The van der Waals surface area contributed by atoms with E-state index in [0.717, 1.165) is 11.8 Å². The van der Waals surface area contributed by atoms with Crippen LogP contribution in [0, 0.1) is 6.92 Å². The van der Waals surface area contributed by atoms with Crippen LogP contribution < -0.4 is 0 Å². The summed E-state index contributed by atoms with van der Waals surface area (Å²) < 4.78 is 0. The first-order valence-corrected chi connectivity index (χ1v) is 8.72. The summed E-state index contributed by atoms with van der Waals surface area (Å²) in [4.78, 5) is 0. The Kier molecular flexibility index (Phi) is 8.90. The van der Waals surface area contributed by atoms with Crippen molar-refractivity contribution >= 4 is 21.5 Å². The van der Waals surface area contributed by atoms with Crippen LogP contribution in [0.3, 0.4) is 0 Å². The molecule has 0 atom stereocenters. The van der Waals surface area contributed by atoms with E-state index in [4.69, 9.17) is 0 Å². The SMILES string of the molecule is CCCCCCC/C(=C\CCBr)c1ccc(C)cc1. The van der Waals surface area contributed by atoms with Crippen LogP contribution in [0.1, 0.15) is 63.0 Å². The molecular weight excluding hydrogens is 296 g/mol. The lowest BCUT2D eigenvalue weighted by molar-refractivity contribution is 0.640. The van der Waals surface area contributed by atoms with Crippen molar-refractivity contribution in [3.8, 4) is 0 Å². The fourth-order valence-corrected chi connectivity index (χ4v) is 2.51. The number of halogens is 1. The topological polar surface area (TPSA) is 0 Å². The van der Waals surface area contributed by atoms with E-state index in [2.05, 4.69) is 60.1 Å². The lowest BCUT2D eigenvalue weighted by Crippen LogP contribution is -1.88. The molecule has 0 spiro atoms. The molecular formula is C18H27Br. The molecule has 0 fully saturated rings. The second-order valence-corrected chi connectivity index (χ2v) is 6.03. The van der Waals surface area contributed by atoms with Gasteiger partial charge < -0.3 is 0 Å². The Morgan fingerprint density at radius 1 is 1.05 bits per heavy atom. The van der Waals surface area contributed by atoms with Gasteiger partial charge in [-0.2, -0.15) is 0 Å². The Morgan fingerprint density at radius 2 is 1.74 bits per heavy atom. The first-order chi connectivity index (χ1) is 9.27. The molecule has 19 heavy (non-hydrogen) atoms. The number of rotatable bonds is 9. The van der Waals surface area contributed by atoms with Gasteiger partial charge in [-0.25, -0.2) is 0 Å². The molecule has 1 aromatic carbocycles. The average molecular weight is 323 g/mol. The molecule has 0 unspecified atom stereocenters. The standard InChI is InChI=1S/C18H27Br/c1-3-4-5-6-7-9-17(10-8-15-19)18-13-11-16(2)12-14-18/h10-14H,3-9,15H2,1-2H3/b17-10+. The van der Waals surface area contributed by atoms with Gasteiger partial charge in [0.1, 0.15) is 0 Å². The van der Waals surface area contributed by atoms with Crippen molar-refractivity contribution in [2.45, 2.75) is 58.8 Å². The Morgan fingerprint density at radius 3 is 2.37 bits per heavy atom. The molecule has 1 rings (SSSR count). The number of unbranched alkanes of at least 4 members (excludes halogenated alkanes) is 4. The third-order valence-electron chi connectivity index (χ3n) is 3.47. The quantitative estimate of drug-likeness (QED) is 0.358. The molecule has 0 N–H and O–H groups in total. The second-order valence-electron chi connectivity index (χ2n) is 5.24. The van der Waals surface area contributed by atoms with Crippen LogP contribution in [0.5, 0.6) is 0 Å². The lowest BCUT2D eigenvalue weighted by atomic mass is 9.97. The molecule has 0 aliphatic heterocycles. The monoisotopic (exact) mass is 322 g/mol. The van der Waals surface area contributed by atoms with Crippen molar-refractivity contribution in [3.05, 3.63) is 41.5 Å². The number of hydrogen-bond donors (Lipinski definition) is 0. The van der Waals surface area contributed by atoms with Crippen molar-refractivity contribution in [2.75, 3.05) is 5.33 Å². The van der Waals surface area contributed by atoms with E-state index in [1.54, 1.807) is 0 Å². The second kappa shape index (κ2) is 10.3. The maximum atomic E-state index is 3.52. The largest absolute Gasteiger partial charge is 0.0925 e. The Hall–Kier alpha value is -0.560. The summed E-state index contributed by atoms with van der Waals surface area (Å²) in [6.45, 7) is 4.42. The summed E-state index contributed by atoms with van der Waals surface area (Å²) in [7, 11) is 0. The normalized spacial score (nSPS) is 11.8. The molecule has 0 radical (unpaired) electrons. The van der Waals surface area contributed by atoms with Gasteiger partial charge in [-0.1, -0.05) is 84.4 Å². The zero-order chi connectivity index (χ0) is 13.9. The number of allylic oxidation sites excluding steroid dienone is 2. The molecule has 0 aromatic heterocycles. The zero-order valence-electron chi connectivity index (χ0n) is 12.4. The Balaban J connectivity index is 2.54. The van der Waals surface area contributed by atoms with E-state index in [-0.39, 0.29) is 0 Å². The van der Waals surface area contributed by atoms with Crippen LogP contribution >= 0.6 is 15.9 Å². The molecule has 0 aliphatic rings. The highest BCUT2D eigenvalue weighted by Crippen LogP contribution is 2.23. The van der Waals surface area contributed by atoms with Crippen LogP contribution in [0.15, 0.2) is 30.3 Å². The van der Waals surface area contributed by atoms with Gasteiger partial charge in [0.2, 0.25) is 0 Å². The third kappa shape index (κ3) is 6.96. The number of hydrogen-bond acceptors (Lipinski definition) is 0. The van der Waals surface area contributed by atoms with Gasteiger partial charge in [0.15, 0.2) is 0 Å². The molecule has 0 heterocycles. The van der Waals surface area contributed by atoms with E-state index >= 15 is 0 Å². The van der Waals surface area contributed by atoms with Crippen molar-refractivity contribution in [2.24, 2.45) is 0 Å². The van der Waals surface area contributed by atoms with E-state index in [1.807, 2.05) is 0 Å². The van der Waals surface area contributed by atoms with Crippen LogP contribution in [0.4, 0.5) is 0 Å². The molecule has 1 heteroatoms. The van der Waals surface area contributed by atoms with Gasteiger partial charge in [-0.15, -0.1) is 0 Å². The van der Waals surface area contributed by atoms with Gasteiger partial charge in [0.05, 0.1) is 0 Å². The predicted octanol–water partition coefficient (Wildman–Crippen LogP) is 6.52. The lowest BCUT2D eigenvalue weighted by Gasteiger charge is -2.09. The van der Waals surface area contributed by atoms with E-state index in [0.29, 0.717) is 0 Å². The van der Waals surface area contributed by atoms with E-state index in [9.17, 15) is 0 Å². The van der Waals surface area contributed by atoms with Gasteiger partial charge in [0, 0.05) is 5.33 Å². The summed E-state index contributed by atoms with van der Waals surface area (Å²) in [6.07, 6.45) is 11.5. The highest BCUT2D eigenvalue weighted by Gasteiger charge is 2.01. The summed E-state index contributed by atoms with van der Waals surface area (Å²) >= 11 is 3.52. The van der Waals surface area contributed by atoms with Crippen LogP contribution in [-0.2, 0) is 0 Å². The van der Waals surface area contributed by atoms with Gasteiger partial charge in [-0.3, -0.25) is 0 Å². The minimum absolute atomic E-state index is 1.05. The van der Waals surface area contributed by atoms with Crippen LogP contribution in [-0.4, -0.2) is 5.33 Å². The Bertz CT molecular complexity index is 362. The number of alkyl halides is 1. The van der Waals surface area contributed by atoms with Gasteiger partial charge >= 0.3 is 0 Å².